The zero-order valence-electron chi connectivity index (χ0n) is 11.1. The quantitative estimate of drug-likeness (QED) is 0.581. The molecule has 0 aliphatic heterocycles. The number of hydrogen-bond donors (Lipinski definition) is 1. The molecule has 0 unspecified atom stereocenters. The molecule has 0 amide bonds. The lowest BCUT2D eigenvalue weighted by molar-refractivity contribution is 1.23. The van der Waals surface area contributed by atoms with Crippen LogP contribution in [-0.2, 0) is 0 Å². The second-order valence-electron chi connectivity index (χ2n) is 4.52. The highest BCUT2D eigenvalue weighted by molar-refractivity contribution is 5.80. The molecule has 20 heavy (non-hydrogen) atoms. The largest absolute Gasteiger partial charge is 0.261 e. The van der Waals surface area contributed by atoms with Crippen LogP contribution in [0.25, 0.3) is 10.9 Å². The van der Waals surface area contributed by atoms with Gasteiger partial charge in [-0.25, -0.2) is 4.98 Å². The van der Waals surface area contributed by atoms with E-state index in [4.69, 9.17) is 0 Å². The van der Waals surface area contributed by atoms with Crippen LogP contribution in [0.3, 0.4) is 0 Å². The molecule has 0 saturated heterocycles. The maximum atomic E-state index is 4.48. The van der Waals surface area contributed by atoms with Crippen molar-refractivity contribution in [2.75, 3.05) is 5.43 Å². The van der Waals surface area contributed by atoms with Crippen molar-refractivity contribution in [1.82, 2.24) is 9.97 Å². The van der Waals surface area contributed by atoms with Gasteiger partial charge in [0.2, 0.25) is 0 Å². The summed E-state index contributed by atoms with van der Waals surface area (Å²) < 4.78 is 0. The third-order valence-electron chi connectivity index (χ3n) is 2.91. The molecule has 0 aliphatic rings. The molecule has 0 bridgehead atoms. The van der Waals surface area contributed by atoms with Gasteiger partial charge in [-0.15, -0.1) is 0 Å². The SMILES string of the molecule is Cc1ccc(C=NNc2ccc3ccccc3n2)nc1. The third-order valence-corrected chi connectivity index (χ3v) is 2.91. The first kappa shape index (κ1) is 12.3. The molecule has 4 heteroatoms. The van der Waals surface area contributed by atoms with E-state index in [0.29, 0.717) is 5.82 Å². The van der Waals surface area contributed by atoms with Gasteiger partial charge < -0.3 is 0 Å². The summed E-state index contributed by atoms with van der Waals surface area (Å²) in [6, 6.07) is 15.8. The summed E-state index contributed by atoms with van der Waals surface area (Å²) in [6.07, 6.45) is 3.49. The molecule has 98 valence electrons. The van der Waals surface area contributed by atoms with Gasteiger partial charge in [-0.1, -0.05) is 24.3 Å². The van der Waals surface area contributed by atoms with Crippen molar-refractivity contribution in [3.8, 4) is 0 Å². The van der Waals surface area contributed by atoms with Crippen LogP contribution in [0.2, 0.25) is 0 Å². The van der Waals surface area contributed by atoms with E-state index in [0.717, 1.165) is 22.2 Å². The molecule has 3 aromatic rings. The fourth-order valence-electron chi connectivity index (χ4n) is 1.85. The van der Waals surface area contributed by atoms with Gasteiger partial charge in [0.1, 0.15) is 5.82 Å². The van der Waals surface area contributed by atoms with E-state index in [1.165, 1.54) is 0 Å². The molecule has 4 nitrogen and oxygen atoms in total. The van der Waals surface area contributed by atoms with E-state index < -0.39 is 0 Å². The van der Waals surface area contributed by atoms with Gasteiger partial charge in [0.15, 0.2) is 0 Å². The number of fused-ring (bicyclic) bond motifs is 1. The molecule has 1 aromatic carbocycles. The number of hydrazone groups is 1. The highest BCUT2D eigenvalue weighted by Gasteiger charge is 1.95. The summed E-state index contributed by atoms with van der Waals surface area (Å²) in [5, 5.41) is 5.26. The second kappa shape index (κ2) is 5.48. The molecule has 3 rings (SSSR count). The van der Waals surface area contributed by atoms with E-state index in [2.05, 4.69) is 20.5 Å². The van der Waals surface area contributed by atoms with Gasteiger partial charge >= 0.3 is 0 Å². The molecule has 0 radical (unpaired) electrons. The van der Waals surface area contributed by atoms with Crippen molar-refractivity contribution < 1.29 is 0 Å². The molecule has 0 aliphatic carbocycles. The first-order valence-electron chi connectivity index (χ1n) is 6.39. The first-order chi connectivity index (χ1) is 9.81. The molecule has 0 atom stereocenters. The predicted octanol–water partition coefficient (Wildman–Crippen LogP) is 3.38. The minimum absolute atomic E-state index is 0.715. The predicted molar refractivity (Wildman–Crippen MR) is 81.9 cm³/mol. The van der Waals surface area contributed by atoms with Crippen molar-refractivity contribution in [2.24, 2.45) is 5.10 Å². The Hall–Kier alpha value is -2.75. The molecule has 0 fully saturated rings. The normalized spacial score (nSPS) is 11.1. The summed E-state index contributed by atoms with van der Waals surface area (Å²) in [4.78, 5) is 8.72. The lowest BCUT2D eigenvalue weighted by Crippen LogP contribution is -1.95. The van der Waals surface area contributed by atoms with E-state index in [9.17, 15) is 0 Å². The number of nitrogens with zero attached hydrogens (tertiary/aromatic N) is 3. The number of rotatable bonds is 3. The summed E-state index contributed by atoms with van der Waals surface area (Å²) >= 11 is 0. The van der Waals surface area contributed by atoms with Crippen LogP contribution in [0.15, 0.2) is 59.8 Å². The van der Waals surface area contributed by atoms with Crippen LogP contribution >= 0.6 is 0 Å². The number of pyridine rings is 2. The van der Waals surface area contributed by atoms with Crippen LogP contribution < -0.4 is 5.43 Å². The van der Waals surface area contributed by atoms with E-state index >= 15 is 0 Å². The number of para-hydroxylation sites is 1. The number of anilines is 1. The zero-order valence-corrected chi connectivity index (χ0v) is 11.1. The van der Waals surface area contributed by atoms with Gasteiger partial charge in [-0.2, -0.15) is 5.10 Å². The topological polar surface area (TPSA) is 50.2 Å². The summed E-state index contributed by atoms with van der Waals surface area (Å²) in [7, 11) is 0. The minimum Gasteiger partial charge on any atom is -0.261 e. The number of hydrogen-bond acceptors (Lipinski definition) is 4. The number of aryl methyl sites for hydroxylation is 1. The first-order valence-corrected chi connectivity index (χ1v) is 6.39. The fourth-order valence-corrected chi connectivity index (χ4v) is 1.85. The maximum absolute atomic E-state index is 4.48. The molecular formula is C16H14N4. The molecule has 0 saturated carbocycles. The Morgan fingerprint density at radius 1 is 1.05 bits per heavy atom. The average Bonchev–Trinajstić information content (AvgIpc) is 2.49. The van der Waals surface area contributed by atoms with Crippen LogP contribution in [-0.4, -0.2) is 16.2 Å². The Morgan fingerprint density at radius 2 is 1.95 bits per heavy atom. The summed E-state index contributed by atoms with van der Waals surface area (Å²) in [5.74, 6) is 0.715. The minimum atomic E-state index is 0.715. The average molecular weight is 262 g/mol. The Morgan fingerprint density at radius 3 is 2.80 bits per heavy atom. The van der Waals surface area contributed by atoms with Gasteiger partial charge in [-0.3, -0.25) is 10.4 Å². The number of benzene rings is 1. The van der Waals surface area contributed by atoms with Crippen LogP contribution in [0.1, 0.15) is 11.3 Å². The lowest BCUT2D eigenvalue weighted by atomic mass is 10.2. The Labute approximate surface area is 117 Å². The standard InChI is InChI=1S/C16H14N4/c1-12-6-8-14(17-10-12)11-18-20-16-9-7-13-4-2-3-5-15(13)19-16/h2-11H,1H3,(H,19,20). The molecule has 2 heterocycles. The van der Waals surface area contributed by atoms with E-state index in [1.807, 2.05) is 61.7 Å². The Balaban J connectivity index is 1.74. The van der Waals surface area contributed by atoms with Crippen molar-refractivity contribution in [2.45, 2.75) is 6.92 Å². The van der Waals surface area contributed by atoms with Gasteiger partial charge in [0.05, 0.1) is 17.4 Å². The van der Waals surface area contributed by atoms with Gasteiger partial charge in [0.25, 0.3) is 0 Å². The lowest BCUT2D eigenvalue weighted by Gasteiger charge is -2.01. The molecule has 0 spiro atoms. The molecule has 2 aromatic heterocycles. The summed E-state index contributed by atoms with van der Waals surface area (Å²) in [5.41, 5.74) is 5.80. The Kier molecular flexibility index (Phi) is 3.37. The van der Waals surface area contributed by atoms with E-state index in [1.54, 1.807) is 6.21 Å². The maximum Gasteiger partial charge on any atom is 0.146 e. The highest BCUT2D eigenvalue weighted by Crippen LogP contribution is 2.14. The second-order valence-corrected chi connectivity index (χ2v) is 4.52. The van der Waals surface area contributed by atoms with Crippen molar-refractivity contribution in [3.05, 3.63) is 66.0 Å². The zero-order chi connectivity index (χ0) is 13.8. The monoisotopic (exact) mass is 262 g/mol. The fraction of sp³-hybridized carbons (Fsp3) is 0.0625. The Bertz CT molecular complexity index is 748. The highest BCUT2D eigenvalue weighted by atomic mass is 15.3. The smallest absolute Gasteiger partial charge is 0.146 e. The van der Waals surface area contributed by atoms with Crippen molar-refractivity contribution >= 4 is 22.9 Å². The number of aromatic nitrogens is 2. The molecule has 1 N–H and O–H groups in total. The van der Waals surface area contributed by atoms with E-state index in [-0.39, 0.29) is 0 Å². The number of nitrogens with one attached hydrogen (secondary N) is 1. The third kappa shape index (κ3) is 2.80. The molecular weight excluding hydrogens is 248 g/mol. The van der Waals surface area contributed by atoms with Gasteiger partial charge in [-0.05, 0) is 36.8 Å². The van der Waals surface area contributed by atoms with Crippen molar-refractivity contribution in [1.29, 1.82) is 0 Å². The van der Waals surface area contributed by atoms with Gasteiger partial charge in [0, 0.05) is 11.6 Å². The van der Waals surface area contributed by atoms with Crippen LogP contribution in [0.4, 0.5) is 5.82 Å². The van der Waals surface area contributed by atoms with Crippen LogP contribution in [0, 0.1) is 6.92 Å². The summed E-state index contributed by atoms with van der Waals surface area (Å²) in [6.45, 7) is 2.01. The van der Waals surface area contributed by atoms with Crippen LogP contribution in [0.5, 0.6) is 0 Å². The van der Waals surface area contributed by atoms with Crippen molar-refractivity contribution in [3.63, 3.8) is 0 Å².